The van der Waals surface area contributed by atoms with Crippen LogP contribution in [0.3, 0.4) is 0 Å². The quantitative estimate of drug-likeness (QED) is 0.584. The molecule has 14 heavy (non-hydrogen) atoms. The van der Waals surface area contributed by atoms with Gasteiger partial charge in [0.15, 0.2) is 0 Å². The van der Waals surface area contributed by atoms with E-state index in [9.17, 15) is 9.18 Å². The molecule has 0 atom stereocenters. The minimum atomic E-state index is -1.11. The van der Waals surface area contributed by atoms with Gasteiger partial charge in [-0.3, -0.25) is 0 Å². The number of carbonyl (C=O) groups is 1. The van der Waals surface area contributed by atoms with E-state index in [1.54, 1.807) is 6.07 Å². The first-order valence-electron chi connectivity index (χ1n) is 3.81. The minimum Gasteiger partial charge on any atom is -0.479 e. The number of benzene rings is 1. The van der Waals surface area contributed by atoms with Gasteiger partial charge in [-0.05, 0) is 17.7 Å². The highest BCUT2D eigenvalue weighted by Gasteiger charge is 1.94. The second-order valence-electron chi connectivity index (χ2n) is 2.46. The zero-order valence-corrected chi connectivity index (χ0v) is 7.18. The summed E-state index contributed by atoms with van der Waals surface area (Å²) in [4.78, 5) is 14.4. The molecule has 4 nitrogen and oxygen atoms in total. The molecule has 0 saturated heterocycles. The highest BCUT2D eigenvalue weighted by Crippen LogP contribution is 2.00. The Labute approximate surface area is 79.6 Å². The van der Waals surface area contributed by atoms with E-state index in [1.165, 1.54) is 24.4 Å². The fraction of sp³-hybridized carbons (Fsp3) is 0.111. The van der Waals surface area contributed by atoms with E-state index in [4.69, 9.17) is 5.11 Å². The second kappa shape index (κ2) is 4.96. The lowest BCUT2D eigenvalue weighted by Crippen LogP contribution is -2.03. The van der Waals surface area contributed by atoms with Gasteiger partial charge in [0, 0.05) is 0 Å². The topological polar surface area (TPSA) is 58.9 Å². The normalized spacial score (nSPS) is 10.4. The first-order valence-corrected chi connectivity index (χ1v) is 3.81. The molecule has 0 aromatic heterocycles. The number of aliphatic carboxylic acids is 1. The number of rotatable bonds is 4. The van der Waals surface area contributed by atoms with E-state index < -0.39 is 12.6 Å². The van der Waals surface area contributed by atoms with Gasteiger partial charge in [0.25, 0.3) is 0 Å². The van der Waals surface area contributed by atoms with Gasteiger partial charge in [0.05, 0.1) is 6.21 Å². The monoisotopic (exact) mass is 197 g/mol. The van der Waals surface area contributed by atoms with E-state index in [2.05, 4.69) is 9.99 Å². The van der Waals surface area contributed by atoms with Crippen molar-refractivity contribution >= 4 is 12.2 Å². The molecule has 1 rings (SSSR count). The molecule has 0 saturated carbocycles. The van der Waals surface area contributed by atoms with Crippen LogP contribution in [-0.2, 0) is 9.63 Å². The first kappa shape index (κ1) is 10.2. The predicted octanol–water partition coefficient (Wildman–Crippen LogP) is 1.26. The van der Waals surface area contributed by atoms with E-state index in [0.717, 1.165) is 0 Å². The van der Waals surface area contributed by atoms with Gasteiger partial charge in [-0.2, -0.15) is 0 Å². The van der Waals surface area contributed by atoms with Gasteiger partial charge < -0.3 is 9.94 Å². The maximum Gasteiger partial charge on any atom is 0.344 e. The number of carboxylic acids is 1. The van der Waals surface area contributed by atoms with Crippen molar-refractivity contribution in [2.45, 2.75) is 0 Å². The number of hydrogen-bond acceptors (Lipinski definition) is 3. The van der Waals surface area contributed by atoms with Crippen LogP contribution in [-0.4, -0.2) is 23.9 Å². The Morgan fingerprint density at radius 2 is 2.43 bits per heavy atom. The molecule has 0 fully saturated rings. The predicted molar refractivity (Wildman–Crippen MR) is 47.6 cm³/mol. The van der Waals surface area contributed by atoms with Crippen molar-refractivity contribution in [3.8, 4) is 0 Å². The molecular weight excluding hydrogens is 189 g/mol. The molecular formula is C9H8FNO3. The fourth-order valence-electron chi connectivity index (χ4n) is 0.778. The van der Waals surface area contributed by atoms with E-state index in [1.807, 2.05) is 0 Å². The van der Waals surface area contributed by atoms with Gasteiger partial charge >= 0.3 is 5.97 Å². The summed E-state index contributed by atoms with van der Waals surface area (Å²) < 4.78 is 12.6. The van der Waals surface area contributed by atoms with Crippen molar-refractivity contribution < 1.29 is 19.1 Å². The Kier molecular flexibility index (Phi) is 3.60. The van der Waals surface area contributed by atoms with Gasteiger partial charge in [0.1, 0.15) is 5.82 Å². The summed E-state index contributed by atoms with van der Waals surface area (Å²) in [6.45, 7) is -0.508. The summed E-state index contributed by atoms with van der Waals surface area (Å²) >= 11 is 0. The number of oxime groups is 1. The summed E-state index contributed by atoms with van der Waals surface area (Å²) in [5.41, 5.74) is 0.510. The molecule has 74 valence electrons. The van der Waals surface area contributed by atoms with Crippen LogP contribution < -0.4 is 0 Å². The number of nitrogens with zero attached hydrogens (tertiary/aromatic N) is 1. The van der Waals surface area contributed by atoms with Crippen molar-refractivity contribution in [2.24, 2.45) is 5.16 Å². The molecule has 0 spiro atoms. The molecule has 1 aromatic rings. The zero-order valence-electron chi connectivity index (χ0n) is 7.18. The maximum absolute atomic E-state index is 12.6. The third kappa shape index (κ3) is 3.66. The van der Waals surface area contributed by atoms with Crippen LogP contribution >= 0.6 is 0 Å². The lowest BCUT2D eigenvalue weighted by molar-refractivity contribution is -0.142. The summed E-state index contributed by atoms with van der Waals surface area (Å²) in [6.07, 6.45) is 1.24. The molecule has 0 aliphatic heterocycles. The van der Waals surface area contributed by atoms with E-state index in [0.29, 0.717) is 5.56 Å². The average molecular weight is 197 g/mol. The van der Waals surface area contributed by atoms with Gasteiger partial charge in [0.2, 0.25) is 6.61 Å². The lowest BCUT2D eigenvalue weighted by atomic mass is 10.2. The Hall–Kier alpha value is -1.91. The highest BCUT2D eigenvalue weighted by molar-refractivity contribution is 5.79. The molecule has 1 aromatic carbocycles. The third-order valence-corrected chi connectivity index (χ3v) is 1.31. The zero-order chi connectivity index (χ0) is 10.4. The van der Waals surface area contributed by atoms with Crippen molar-refractivity contribution in [1.82, 2.24) is 0 Å². The Balaban J connectivity index is 2.47. The van der Waals surface area contributed by atoms with Crippen molar-refractivity contribution in [1.29, 1.82) is 0 Å². The van der Waals surface area contributed by atoms with Crippen LogP contribution in [0.25, 0.3) is 0 Å². The van der Waals surface area contributed by atoms with E-state index in [-0.39, 0.29) is 5.82 Å². The number of carboxylic acid groups (broad SMARTS) is 1. The third-order valence-electron chi connectivity index (χ3n) is 1.31. The highest BCUT2D eigenvalue weighted by atomic mass is 19.1. The Morgan fingerprint density at radius 1 is 1.64 bits per heavy atom. The molecule has 0 heterocycles. The maximum atomic E-state index is 12.6. The smallest absolute Gasteiger partial charge is 0.344 e. The van der Waals surface area contributed by atoms with Gasteiger partial charge in [-0.25, -0.2) is 9.18 Å². The van der Waals surface area contributed by atoms with Crippen molar-refractivity contribution in [3.05, 3.63) is 35.6 Å². The number of hydrogen-bond donors (Lipinski definition) is 1. The molecule has 0 amide bonds. The van der Waals surface area contributed by atoms with Crippen LogP contribution in [0.2, 0.25) is 0 Å². The number of halogens is 1. The van der Waals surface area contributed by atoms with Crippen LogP contribution in [0.15, 0.2) is 29.4 Å². The Bertz CT molecular complexity index is 352. The largest absolute Gasteiger partial charge is 0.479 e. The molecule has 0 unspecified atom stereocenters. The van der Waals surface area contributed by atoms with E-state index >= 15 is 0 Å². The molecule has 0 aliphatic rings. The summed E-state index contributed by atoms with van der Waals surface area (Å²) in [5.74, 6) is -1.49. The van der Waals surface area contributed by atoms with Gasteiger partial charge in [-0.15, -0.1) is 0 Å². The summed E-state index contributed by atoms with van der Waals surface area (Å²) in [6, 6.07) is 5.70. The summed E-state index contributed by atoms with van der Waals surface area (Å²) in [7, 11) is 0. The van der Waals surface area contributed by atoms with Crippen LogP contribution in [0, 0.1) is 5.82 Å². The standard InChI is InChI=1S/C9H8FNO3/c10-8-3-1-2-7(4-8)5-11-14-6-9(12)13/h1-5H,6H2,(H,12,13)/b11-5+. The lowest BCUT2D eigenvalue weighted by Gasteiger charge is -1.93. The molecule has 0 aliphatic carbocycles. The Morgan fingerprint density at radius 3 is 3.07 bits per heavy atom. The average Bonchev–Trinajstić information content (AvgIpc) is 2.12. The van der Waals surface area contributed by atoms with Crippen molar-refractivity contribution in [3.63, 3.8) is 0 Å². The molecule has 5 heteroatoms. The minimum absolute atomic E-state index is 0.382. The van der Waals surface area contributed by atoms with Crippen LogP contribution in [0.5, 0.6) is 0 Å². The summed E-state index contributed by atoms with van der Waals surface area (Å²) in [5, 5.41) is 11.5. The SMILES string of the molecule is O=C(O)CO/N=C/c1cccc(F)c1. The molecule has 0 bridgehead atoms. The van der Waals surface area contributed by atoms with Crippen LogP contribution in [0.1, 0.15) is 5.56 Å². The van der Waals surface area contributed by atoms with Gasteiger partial charge in [-0.1, -0.05) is 17.3 Å². The van der Waals surface area contributed by atoms with Crippen molar-refractivity contribution in [2.75, 3.05) is 6.61 Å². The fourth-order valence-corrected chi connectivity index (χ4v) is 0.778. The first-order chi connectivity index (χ1) is 6.68. The van der Waals surface area contributed by atoms with Crippen LogP contribution in [0.4, 0.5) is 4.39 Å². The molecule has 0 radical (unpaired) electrons. The molecule has 1 N–H and O–H groups in total. The second-order valence-corrected chi connectivity index (χ2v) is 2.46.